The minimum atomic E-state index is -2.51. The van der Waals surface area contributed by atoms with Gasteiger partial charge in [0, 0.05) is 0 Å². The summed E-state index contributed by atoms with van der Waals surface area (Å²) in [6.07, 6.45) is 0. The molecule has 0 aliphatic carbocycles. The van der Waals surface area contributed by atoms with Crippen LogP contribution >= 0.6 is 0 Å². The number of hydrogen-bond donors (Lipinski definition) is 0. The lowest BCUT2D eigenvalue weighted by molar-refractivity contribution is 0.289. The summed E-state index contributed by atoms with van der Waals surface area (Å²) in [7, 11) is -6.52. The van der Waals surface area contributed by atoms with E-state index >= 15 is 0 Å². The summed E-state index contributed by atoms with van der Waals surface area (Å²) in [4.78, 5) is 0. The minimum Gasteiger partial charge on any atom is -0.413 e. The van der Waals surface area contributed by atoms with E-state index in [9.17, 15) is 0 Å². The Morgan fingerprint density at radius 3 is 1.44 bits per heavy atom. The SMILES string of the molecule is C[Si]1(c2ccccc2)O[SiH](c2ccccc2)O[SiH](c2ccccc2)O1. The van der Waals surface area contributed by atoms with Gasteiger partial charge < -0.3 is 12.3 Å². The second-order valence-corrected chi connectivity index (χ2v) is 14.3. The Labute approximate surface area is 152 Å². The van der Waals surface area contributed by atoms with Crippen molar-refractivity contribution in [1.82, 2.24) is 0 Å². The summed E-state index contributed by atoms with van der Waals surface area (Å²) in [5, 5.41) is 3.52. The molecule has 1 fully saturated rings. The molecule has 0 radical (unpaired) electrons. The zero-order valence-corrected chi connectivity index (χ0v) is 17.3. The molecule has 1 aliphatic heterocycles. The van der Waals surface area contributed by atoms with E-state index in [1.165, 1.54) is 15.6 Å². The van der Waals surface area contributed by atoms with E-state index in [-0.39, 0.29) is 0 Å². The van der Waals surface area contributed by atoms with Crippen molar-refractivity contribution in [2.45, 2.75) is 6.55 Å². The average Bonchev–Trinajstić information content (AvgIpc) is 2.70. The van der Waals surface area contributed by atoms with Gasteiger partial charge in [-0.15, -0.1) is 0 Å². The van der Waals surface area contributed by atoms with Crippen LogP contribution in [0.2, 0.25) is 6.55 Å². The van der Waals surface area contributed by atoms with Crippen LogP contribution in [-0.2, 0) is 12.3 Å². The standard InChI is InChI=1S/C19H20O3Si3/c1-25(19-15-9-4-10-16-19)21-23(17-11-5-2-6-12-17)20-24(22-25)18-13-7-3-8-14-18/h2-16,23-24H,1H3. The molecule has 4 rings (SSSR count). The first kappa shape index (κ1) is 16.6. The first-order chi connectivity index (χ1) is 12.2. The van der Waals surface area contributed by atoms with Crippen molar-refractivity contribution in [2.75, 3.05) is 0 Å². The third-order valence-electron chi connectivity index (χ3n) is 4.35. The zero-order valence-electron chi connectivity index (χ0n) is 14.0. The molecule has 2 unspecified atom stereocenters. The summed E-state index contributed by atoms with van der Waals surface area (Å²) >= 11 is 0. The molecule has 1 aliphatic rings. The number of benzene rings is 3. The second-order valence-electron chi connectivity index (χ2n) is 6.17. The van der Waals surface area contributed by atoms with Gasteiger partial charge in [0.05, 0.1) is 0 Å². The molecule has 6 heteroatoms. The highest BCUT2D eigenvalue weighted by Crippen LogP contribution is 2.18. The average molecular weight is 381 g/mol. The maximum atomic E-state index is 6.57. The lowest BCUT2D eigenvalue weighted by atomic mass is 10.4. The van der Waals surface area contributed by atoms with E-state index in [1.54, 1.807) is 0 Å². The van der Waals surface area contributed by atoms with Gasteiger partial charge >= 0.3 is 27.1 Å². The minimum absolute atomic E-state index is 1.17. The predicted octanol–water partition coefficient (Wildman–Crippen LogP) is 1.28. The van der Waals surface area contributed by atoms with Crippen molar-refractivity contribution in [3.63, 3.8) is 0 Å². The fraction of sp³-hybridized carbons (Fsp3) is 0.0526. The fourth-order valence-corrected chi connectivity index (χ4v) is 14.6. The van der Waals surface area contributed by atoms with Crippen molar-refractivity contribution in [2.24, 2.45) is 0 Å². The van der Waals surface area contributed by atoms with E-state index in [0.717, 1.165) is 0 Å². The van der Waals surface area contributed by atoms with Crippen LogP contribution < -0.4 is 15.6 Å². The molecular formula is C19H20O3Si3. The number of rotatable bonds is 3. The quantitative estimate of drug-likeness (QED) is 0.641. The summed E-state index contributed by atoms with van der Waals surface area (Å²) in [5.74, 6) is 0. The summed E-state index contributed by atoms with van der Waals surface area (Å²) < 4.78 is 19.6. The second kappa shape index (κ2) is 7.20. The molecule has 1 saturated heterocycles. The molecule has 0 saturated carbocycles. The third kappa shape index (κ3) is 3.59. The maximum Gasteiger partial charge on any atom is 0.351 e. The molecular weight excluding hydrogens is 360 g/mol. The van der Waals surface area contributed by atoms with Crippen molar-refractivity contribution >= 4 is 42.7 Å². The summed E-state index contributed by atoms with van der Waals surface area (Å²) in [6.45, 7) is 2.15. The Bertz CT molecular complexity index is 768. The third-order valence-corrected chi connectivity index (χ3v) is 14.9. The molecule has 3 nitrogen and oxygen atoms in total. The van der Waals surface area contributed by atoms with E-state index in [1.807, 2.05) is 54.6 Å². The summed E-state index contributed by atoms with van der Waals surface area (Å²) in [5.41, 5.74) is 0. The van der Waals surface area contributed by atoms with Gasteiger partial charge in [-0.05, 0) is 22.1 Å². The first-order valence-electron chi connectivity index (χ1n) is 8.41. The van der Waals surface area contributed by atoms with Crippen LogP contribution in [0.4, 0.5) is 0 Å². The Kier molecular flexibility index (Phi) is 4.80. The van der Waals surface area contributed by atoms with E-state index in [4.69, 9.17) is 12.3 Å². The maximum absolute atomic E-state index is 6.57. The van der Waals surface area contributed by atoms with Crippen LogP contribution in [0, 0.1) is 0 Å². The van der Waals surface area contributed by atoms with Gasteiger partial charge in [-0.3, -0.25) is 0 Å². The van der Waals surface area contributed by atoms with E-state index in [0.29, 0.717) is 0 Å². The fourth-order valence-electron chi connectivity index (χ4n) is 2.99. The highest BCUT2D eigenvalue weighted by Gasteiger charge is 2.46. The molecule has 3 aromatic rings. The largest absolute Gasteiger partial charge is 0.413 e. The van der Waals surface area contributed by atoms with Gasteiger partial charge in [-0.2, -0.15) is 0 Å². The van der Waals surface area contributed by atoms with Crippen molar-refractivity contribution < 1.29 is 12.3 Å². The van der Waals surface area contributed by atoms with Gasteiger partial charge in [-0.25, -0.2) is 0 Å². The van der Waals surface area contributed by atoms with Gasteiger partial charge in [0.1, 0.15) is 0 Å². The summed E-state index contributed by atoms with van der Waals surface area (Å²) in [6, 6.07) is 31.0. The Morgan fingerprint density at radius 1 is 0.600 bits per heavy atom. The highest BCUT2D eigenvalue weighted by molar-refractivity contribution is 6.95. The topological polar surface area (TPSA) is 27.7 Å². The molecule has 0 N–H and O–H groups in total. The van der Waals surface area contributed by atoms with Crippen LogP contribution in [0.15, 0.2) is 91.0 Å². The van der Waals surface area contributed by atoms with E-state index in [2.05, 4.69) is 42.9 Å². The molecule has 126 valence electrons. The molecule has 1 heterocycles. The van der Waals surface area contributed by atoms with Gasteiger partial charge in [0.25, 0.3) is 0 Å². The molecule has 0 spiro atoms. The molecule has 25 heavy (non-hydrogen) atoms. The molecule has 2 atom stereocenters. The van der Waals surface area contributed by atoms with Crippen molar-refractivity contribution in [1.29, 1.82) is 0 Å². The van der Waals surface area contributed by atoms with Gasteiger partial charge in [0.15, 0.2) is 0 Å². The van der Waals surface area contributed by atoms with E-state index < -0.39 is 27.1 Å². The molecule has 3 aromatic carbocycles. The van der Waals surface area contributed by atoms with Crippen LogP contribution in [0.3, 0.4) is 0 Å². The lowest BCUT2D eigenvalue weighted by Gasteiger charge is -2.41. The monoisotopic (exact) mass is 380 g/mol. The Hall–Kier alpha value is -1.81. The molecule has 0 aromatic heterocycles. The Balaban J connectivity index is 1.72. The van der Waals surface area contributed by atoms with Crippen molar-refractivity contribution in [3.8, 4) is 0 Å². The highest BCUT2D eigenvalue weighted by atomic mass is 28.5. The molecule has 0 bridgehead atoms. The normalized spacial score (nSPS) is 26.3. The first-order valence-corrected chi connectivity index (χ1v) is 13.8. The lowest BCUT2D eigenvalue weighted by Crippen LogP contribution is -2.67. The van der Waals surface area contributed by atoms with Crippen molar-refractivity contribution in [3.05, 3.63) is 91.0 Å². The zero-order chi connectivity index (χ0) is 17.1. The number of hydrogen-bond acceptors (Lipinski definition) is 3. The smallest absolute Gasteiger partial charge is 0.351 e. The van der Waals surface area contributed by atoms with Crippen LogP contribution in [0.5, 0.6) is 0 Å². The predicted molar refractivity (Wildman–Crippen MR) is 107 cm³/mol. The molecule has 0 amide bonds. The Morgan fingerprint density at radius 2 is 1.00 bits per heavy atom. The van der Waals surface area contributed by atoms with Crippen LogP contribution in [0.1, 0.15) is 0 Å². The van der Waals surface area contributed by atoms with Crippen LogP contribution in [0.25, 0.3) is 0 Å². The van der Waals surface area contributed by atoms with Gasteiger partial charge in [-0.1, -0.05) is 91.0 Å². The van der Waals surface area contributed by atoms with Crippen LogP contribution in [-0.4, -0.2) is 27.1 Å². The van der Waals surface area contributed by atoms with Gasteiger partial charge in [0.2, 0.25) is 0 Å².